The van der Waals surface area contributed by atoms with Crippen LogP contribution in [0.25, 0.3) is 10.9 Å². The van der Waals surface area contributed by atoms with E-state index >= 15 is 0 Å². The van der Waals surface area contributed by atoms with Crippen LogP contribution in [0.15, 0.2) is 35.4 Å². The van der Waals surface area contributed by atoms with Gasteiger partial charge in [-0.15, -0.1) is 0 Å². The van der Waals surface area contributed by atoms with Crippen molar-refractivity contribution in [2.45, 2.75) is 36.7 Å². The normalized spacial score (nSPS) is 17.6. The van der Waals surface area contributed by atoms with Gasteiger partial charge in [0, 0.05) is 18.1 Å². The molecule has 0 saturated heterocycles. The predicted molar refractivity (Wildman–Crippen MR) is 80.5 cm³/mol. The summed E-state index contributed by atoms with van der Waals surface area (Å²) in [7, 11) is -3.66. The molecule has 0 aliphatic heterocycles. The Balaban J connectivity index is 1.97. The van der Waals surface area contributed by atoms with Crippen molar-refractivity contribution >= 4 is 20.9 Å². The first-order chi connectivity index (χ1) is 9.91. The van der Waals surface area contributed by atoms with Crippen molar-refractivity contribution in [3.63, 3.8) is 0 Å². The van der Waals surface area contributed by atoms with Crippen molar-refractivity contribution in [3.8, 4) is 0 Å². The SMILES string of the molecule is Cc1ccc(S(=O)(=O)NCC2(O)CCC2)c2cccnc12. The number of nitrogens with one attached hydrogen (secondary N) is 1. The molecule has 1 saturated carbocycles. The van der Waals surface area contributed by atoms with Crippen molar-refractivity contribution in [2.24, 2.45) is 0 Å². The average molecular weight is 306 g/mol. The van der Waals surface area contributed by atoms with Crippen LogP contribution in [-0.4, -0.2) is 30.7 Å². The van der Waals surface area contributed by atoms with E-state index in [4.69, 9.17) is 0 Å². The molecule has 5 nitrogen and oxygen atoms in total. The van der Waals surface area contributed by atoms with Crippen LogP contribution in [0, 0.1) is 6.92 Å². The van der Waals surface area contributed by atoms with Crippen LogP contribution in [0.4, 0.5) is 0 Å². The van der Waals surface area contributed by atoms with Crippen LogP contribution in [0.3, 0.4) is 0 Å². The zero-order valence-corrected chi connectivity index (χ0v) is 12.7. The number of benzene rings is 1. The molecule has 2 aromatic rings. The molecule has 1 aromatic carbocycles. The number of rotatable bonds is 4. The molecule has 0 atom stereocenters. The molecule has 112 valence electrons. The Morgan fingerprint density at radius 3 is 2.76 bits per heavy atom. The number of fused-ring (bicyclic) bond motifs is 1. The highest BCUT2D eigenvalue weighted by Gasteiger charge is 2.35. The quantitative estimate of drug-likeness (QED) is 0.901. The van der Waals surface area contributed by atoms with Crippen LogP contribution in [0.1, 0.15) is 24.8 Å². The van der Waals surface area contributed by atoms with Gasteiger partial charge in [0.25, 0.3) is 0 Å². The highest BCUT2D eigenvalue weighted by Crippen LogP contribution is 2.31. The predicted octanol–water partition coefficient (Wildman–Crippen LogP) is 1.74. The molecule has 1 heterocycles. The fourth-order valence-electron chi connectivity index (χ4n) is 2.59. The van der Waals surface area contributed by atoms with E-state index in [1.54, 1.807) is 30.5 Å². The summed E-state index contributed by atoms with van der Waals surface area (Å²) in [5.41, 5.74) is 0.733. The zero-order valence-electron chi connectivity index (χ0n) is 11.8. The van der Waals surface area contributed by atoms with E-state index in [1.165, 1.54) is 0 Å². The Labute approximate surface area is 124 Å². The molecule has 0 amide bonds. The third-order valence-electron chi connectivity index (χ3n) is 4.10. The first-order valence-corrected chi connectivity index (χ1v) is 8.46. The Morgan fingerprint density at radius 1 is 1.33 bits per heavy atom. The van der Waals surface area contributed by atoms with Gasteiger partial charge in [0.05, 0.1) is 16.0 Å². The average Bonchev–Trinajstić information content (AvgIpc) is 2.43. The molecule has 6 heteroatoms. The van der Waals surface area contributed by atoms with Crippen LogP contribution < -0.4 is 4.72 Å². The van der Waals surface area contributed by atoms with Crippen molar-refractivity contribution in [1.29, 1.82) is 0 Å². The molecule has 1 aromatic heterocycles. The van der Waals surface area contributed by atoms with Gasteiger partial charge < -0.3 is 5.11 Å². The third-order valence-corrected chi connectivity index (χ3v) is 5.56. The second-order valence-corrected chi connectivity index (χ2v) is 7.42. The lowest BCUT2D eigenvalue weighted by atomic mass is 9.81. The monoisotopic (exact) mass is 306 g/mol. The van der Waals surface area contributed by atoms with Crippen LogP contribution in [0.5, 0.6) is 0 Å². The Bertz CT molecular complexity index is 783. The second-order valence-electron chi connectivity index (χ2n) is 5.68. The summed E-state index contributed by atoms with van der Waals surface area (Å²) in [6.07, 6.45) is 3.88. The van der Waals surface area contributed by atoms with Crippen LogP contribution in [0.2, 0.25) is 0 Å². The van der Waals surface area contributed by atoms with E-state index in [1.807, 2.05) is 6.92 Å². The molecular weight excluding hydrogens is 288 g/mol. The van der Waals surface area contributed by atoms with Gasteiger partial charge in [0.2, 0.25) is 10.0 Å². The molecule has 2 N–H and O–H groups in total. The summed E-state index contributed by atoms with van der Waals surface area (Å²) in [5, 5.41) is 10.6. The minimum atomic E-state index is -3.66. The van der Waals surface area contributed by atoms with Crippen molar-refractivity contribution in [3.05, 3.63) is 36.0 Å². The third kappa shape index (κ3) is 2.66. The molecule has 0 radical (unpaired) electrons. The first kappa shape index (κ1) is 14.4. The van der Waals surface area contributed by atoms with E-state index in [0.717, 1.165) is 12.0 Å². The first-order valence-electron chi connectivity index (χ1n) is 6.98. The number of aryl methyl sites for hydroxylation is 1. The Kier molecular flexibility index (Phi) is 3.47. The van der Waals surface area contributed by atoms with Gasteiger partial charge in [0.1, 0.15) is 0 Å². The van der Waals surface area contributed by atoms with Gasteiger partial charge in [-0.25, -0.2) is 13.1 Å². The van der Waals surface area contributed by atoms with Gasteiger partial charge >= 0.3 is 0 Å². The zero-order chi connectivity index (χ0) is 15.1. The van der Waals surface area contributed by atoms with Crippen LogP contribution >= 0.6 is 0 Å². The number of pyridine rings is 1. The molecule has 0 bridgehead atoms. The topological polar surface area (TPSA) is 79.3 Å². The number of hydrogen-bond acceptors (Lipinski definition) is 4. The fraction of sp³-hybridized carbons (Fsp3) is 0.400. The molecule has 0 unspecified atom stereocenters. The fourth-order valence-corrected chi connectivity index (χ4v) is 3.91. The molecule has 0 spiro atoms. The molecule has 1 aliphatic carbocycles. The molecule has 1 fully saturated rings. The lowest BCUT2D eigenvalue weighted by molar-refractivity contribution is -0.0270. The highest BCUT2D eigenvalue weighted by molar-refractivity contribution is 7.89. The standard InChI is InChI=1S/C15H18N2O3S/c1-11-5-6-13(12-4-2-9-16-14(11)12)21(19,20)17-10-15(18)7-3-8-15/h2,4-6,9,17-18H,3,7-8,10H2,1H3. The van der Waals surface area contributed by atoms with E-state index < -0.39 is 15.6 Å². The maximum Gasteiger partial charge on any atom is 0.241 e. The summed E-state index contributed by atoms with van der Waals surface area (Å²) < 4.78 is 27.5. The second kappa shape index (κ2) is 5.05. The Hall–Kier alpha value is -1.50. The minimum absolute atomic E-state index is 0.0605. The summed E-state index contributed by atoms with van der Waals surface area (Å²) in [4.78, 5) is 4.46. The number of aromatic nitrogens is 1. The summed E-state index contributed by atoms with van der Waals surface area (Å²) in [6.45, 7) is 1.96. The number of hydrogen-bond donors (Lipinski definition) is 2. The lowest BCUT2D eigenvalue weighted by Gasteiger charge is -2.36. The largest absolute Gasteiger partial charge is 0.389 e. The number of aliphatic hydroxyl groups is 1. The van der Waals surface area contributed by atoms with E-state index in [-0.39, 0.29) is 11.4 Å². The maximum atomic E-state index is 12.5. The molecular formula is C15H18N2O3S. The lowest BCUT2D eigenvalue weighted by Crippen LogP contribution is -2.47. The maximum absolute atomic E-state index is 12.5. The van der Waals surface area contributed by atoms with E-state index in [0.29, 0.717) is 23.7 Å². The molecule has 1 aliphatic rings. The summed E-state index contributed by atoms with van der Waals surface area (Å²) >= 11 is 0. The number of sulfonamides is 1. The van der Waals surface area contributed by atoms with Crippen molar-refractivity contribution < 1.29 is 13.5 Å². The van der Waals surface area contributed by atoms with E-state index in [2.05, 4.69) is 9.71 Å². The summed E-state index contributed by atoms with van der Waals surface area (Å²) in [6, 6.07) is 6.82. The highest BCUT2D eigenvalue weighted by atomic mass is 32.2. The number of nitrogens with zero attached hydrogens (tertiary/aromatic N) is 1. The van der Waals surface area contributed by atoms with Crippen molar-refractivity contribution in [1.82, 2.24) is 9.71 Å². The Morgan fingerprint density at radius 2 is 2.10 bits per heavy atom. The van der Waals surface area contributed by atoms with Gasteiger partial charge in [-0.3, -0.25) is 4.98 Å². The minimum Gasteiger partial charge on any atom is -0.389 e. The van der Waals surface area contributed by atoms with Crippen LogP contribution in [-0.2, 0) is 10.0 Å². The van der Waals surface area contributed by atoms with Gasteiger partial charge in [-0.1, -0.05) is 6.07 Å². The van der Waals surface area contributed by atoms with Gasteiger partial charge in [-0.2, -0.15) is 0 Å². The molecule has 3 rings (SSSR count). The van der Waals surface area contributed by atoms with E-state index in [9.17, 15) is 13.5 Å². The van der Waals surface area contributed by atoms with Crippen molar-refractivity contribution in [2.75, 3.05) is 6.54 Å². The molecule has 21 heavy (non-hydrogen) atoms. The smallest absolute Gasteiger partial charge is 0.241 e. The summed E-state index contributed by atoms with van der Waals surface area (Å²) in [5.74, 6) is 0. The van der Waals surface area contributed by atoms with Gasteiger partial charge in [0.15, 0.2) is 0 Å². The van der Waals surface area contributed by atoms with Gasteiger partial charge in [-0.05, 0) is 49.9 Å².